The van der Waals surface area contributed by atoms with Crippen LogP contribution in [0.2, 0.25) is 0 Å². The Hall–Kier alpha value is -3.29. The summed E-state index contributed by atoms with van der Waals surface area (Å²) in [6, 6.07) is 11.6. The van der Waals surface area contributed by atoms with E-state index < -0.39 is 0 Å². The van der Waals surface area contributed by atoms with Gasteiger partial charge >= 0.3 is 6.03 Å². The molecule has 0 saturated carbocycles. The first kappa shape index (κ1) is 21.0. The molecular weight excluding hydrogens is 399 g/mol. The Kier molecular flexibility index (Phi) is 6.25. The summed E-state index contributed by atoms with van der Waals surface area (Å²) in [6.07, 6.45) is 2.15. The molecule has 0 unspecified atom stereocenters. The molecule has 2 saturated heterocycles. The van der Waals surface area contributed by atoms with Crippen LogP contribution in [0.15, 0.2) is 42.5 Å². The number of urea groups is 1. The molecule has 0 aromatic heterocycles. The number of anilines is 2. The second kappa shape index (κ2) is 9.24. The smallest absolute Gasteiger partial charge is 0.321 e. The van der Waals surface area contributed by atoms with Crippen LogP contribution in [0, 0.1) is 5.82 Å². The summed E-state index contributed by atoms with van der Waals surface area (Å²) < 4.78 is 19.7. The van der Waals surface area contributed by atoms with Gasteiger partial charge in [-0.25, -0.2) is 9.18 Å². The number of rotatable bonds is 4. The van der Waals surface area contributed by atoms with E-state index >= 15 is 0 Å². The molecule has 8 heteroatoms. The maximum Gasteiger partial charge on any atom is 0.321 e. The molecule has 1 N–H and O–H groups in total. The number of benzene rings is 2. The van der Waals surface area contributed by atoms with Gasteiger partial charge in [0.1, 0.15) is 11.6 Å². The van der Waals surface area contributed by atoms with Crippen LogP contribution in [-0.4, -0.2) is 68.1 Å². The minimum Gasteiger partial charge on any atom is -0.497 e. The number of nitrogens with zero attached hydrogens (tertiary/aromatic N) is 3. The third-order valence-corrected chi connectivity index (χ3v) is 5.82. The first-order chi connectivity index (χ1) is 15.0. The lowest BCUT2D eigenvalue weighted by Crippen LogP contribution is -2.51. The lowest BCUT2D eigenvalue weighted by molar-refractivity contribution is 0.0671. The number of hydrogen-bond acceptors (Lipinski definition) is 4. The minimum atomic E-state index is -0.326. The van der Waals surface area contributed by atoms with Crippen molar-refractivity contribution >= 4 is 23.3 Å². The lowest BCUT2D eigenvalue weighted by Gasteiger charge is -2.34. The average molecular weight is 426 g/mol. The summed E-state index contributed by atoms with van der Waals surface area (Å²) in [5.74, 6) is 0.221. The maximum absolute atomic E-state index is 14.5. The van der Waals surface area contributed by atoms with Gasteiger partial charge in [0.05, 0.1) is 12.8 Å². The number of ether oxygens (including phenoxy) is 1. The van der Waals surface area contributed by atoms with E-state index in [1.807, 2.05) is 4.90 Å². The summed E-state index contributed by atoms with van der Waals surface area (Å²) in [5.41, 5.74) is 1.58. The zero-order chi connectivity index (χ0) is 21.8. The number of carbonyl (C=O) groups is 2. The molecule has 2 aromatic rings. The van der Waals surface area contributed by atoms with E-state index in [4.69, 9.17) is 4.74 Å². The number of hydrogen-bond donors (Lipinski definition) is 1. The summed E-state index contributed by atoms with van der Waals surface area (Å²) >= 11 is 0. The maximum atomic E-state index is 14.5. The van der Waals surface area contributed by atoms with Crippen molar-refractivity contribution in [1.29, 1.82) is 0 Å². The zero-order valence-corrected chi connectivity index (χ0v) is 17.6. The van der Waals surface area contributed by atoms with Gasteiger partial charge in [0.15, 0.2) is 0 Å². The molecule has 2 heterocycles. The monoisotopic (exact) mass is 426 g/mol. The number of nitrogens with one attached hydrogen (secondary N) is 1. The molecular formula is C23H27FN4O3. The third kappa shape index (κ3) is 4.73. The van der Waals surface area contributed by atoms with Crippen molar-refractivity contribution in [2.45, 2.75) is 12.8 Å². The first-order valence-electron chi connectivity index (χ1n) is 10.6. The molecule has 2 aromatic carbocycles. The van der Waals surface area contributed by atoms with Crippen LogP contribution >= 0.6 is 0 Å². The highest BCUT2D eigenvalue weighted by Gasteiger charge is 2.25. The Labute approximate surface area is 181 Å². The second-order valence-corrected chi connectivity index (χ2v) is 7.80. The first-order valence-corrected chi connectivity index (χ1v) is 10.6. The van der Waals surface area contributed by atoms with Crippen LogP contribution in [-0.2, 0) is 0 Å². The molecule has 0 radical (unpaired) electrons. The van der Waals surface area contributed by atoms with Gasteiger partial charge in [0, 0.05) is 50.5 Å². The Morgan fingerprint density at radius 3 is 2.32 bits per heavy atom. The third-order valence-electron chi connectivity index (χ3n) is 5.82. The van der Waals surface area contributed by atoms with Gasteiger partial charge < -0.3 is 24.8 Å². The zero-order valence-electron chi connectivity index (χ0n) is 17.6. The largest absolute Gasteiger partial charge is 0.497 e. The van der Waals surface area contributed by atoms with Crippen molar-refractivity contribution < 1.29 is 18.7 Å². The summed E-state index contributed by atoms with van der Waals surface area (Å²) in [4.78, 5) is 30.7. The molecule has 31 heavy (non-hydrogen) atoms. The minimum absolute atomic E-state index is 0.0847. The van der Waals surface area contributed by atoms with Crippen LogP contribution in [0.4, 0.5) is 20.6 Å². The standard InChI is InChI=1S/C23H27FN4O3/c1-31-19-6-4-5-17(15-19)22(29)27-11-13-28(14-12-27)23(30)25-18-7-8-21(20(24)16-18)26-9-2-3-10-26/h4-8,15-16H,2-3,9-14H2,1H3,(H,25,30). The number of amides is 3. The molecule has 0 aliphatic carbocycles. The Morgan fingerprint density at radius 2 is 1.65 bits per heavy atom. The fraction of sp³-hybridized carbons (Fsp3) is 0.391. The molecule has 7 nitrogen and oxygen atoms in total. The van der Waals surface area contributed by atoms with Gasteiger partial charge in [-0.3, -0.25) is 4.79 Å². The number of carbonyl (C=O) groups excluding carboxylic acids is 2. The fourth-order valence-corrected chi connectivity index (χ4v) is 4.05. The van der Waals surface area contributed by atoms with E-state index in [1.165, 1.54) is 6.07 Å². The molecule has 2 aliphatic heterocycles. The van der Waals surface area contributed by atoms with Crippen molar-refractivity contribution in [2.75, 3.05) is 56.6 Å². The van der Waals surface area contributed by atoms with Crippen LogP contribution in [0.5, 0.6) is 5.75 Å². The molecule has 164 valence electrons. The van der Waals surface area contributed by atoms with E-state index in [9.17, 15) is 14.0 Å². The van der Waals surface area contributed by atoms with Gasteiger partial charge in [-0.05, 0) is 49.2 Å². The molecule has 0 atom stereocenters. The van der Waals surface area contributed by atoms with E-state index in [0.29, 0.717) is 48.9 Å². The SMILES string of the molecule is COc1cccc(C(=O)N2CCN(C(=O)Nc3ccc(N4CCCC4)c(F)c3)CC2)c1. The number of methoxy groups -OCH3 is 1. The Bertz CT molecular complexity index is 954. The van der Waals surface area contributed by atoms with E-state index in [2.05, 4.69) is 5.32 Å². The van der Waals surface area contributed by atoms with Crippen LogP contribution < -0.4 is 15.0 Å². The van der Waals surface area contributed by atoms with Gasteiger partial charge in [-0.15, -0.1) is 0 Å². The van der Waals surface area contributed by atoms with Crippen LogP contribution in [0.3, 0.4) is 0 Å². The second-order valence-electron chi connectivity index (χ2n) is 7.80. The lowest BCUT2D eigenvalue weighted by atomic mass is 10.1. The van der Waals surface area contributed by atoms with E-state index in [0.717, 1.165) is 25.9 Å². The normalized spacial score (nSPS) is 16.4. The molecule has 4 rings (SSSR count). The van der Waals surface area contributed by atoms with Gasteiger partial charge in [-0.2, -0.15) is 0 Å². The quantitative estimate of drug-likeness (QED) is 0.814. The van der Waals surface area contributed by atoms with Gasteiger partial charge in [-0.1, -0.05) is 6.07 Å². The highest BCUT2D eigenvalue weighted by Crippen LogP contribution is 2.26. The topological polar surface area (TPSA) is 65.1 Å². The average Bonchev–Trinajstić information content (AvgIpc) is 3.33. The number of piperazine rings is 1. The van der Waals surface area contributed by atoms with Crippen molar-refractivity contribution in [2.24, 2.45) is 0 Å². The van der Waals surface area contributed by atoms with Crippen LogP contribution in [0.1, 0.15) is 23.2 Å². The summed E-state index contributed by atoms with van der Waals surface area (Å²) in [6.45, 7) is 3.42. The van der Waals surface area contributed by atoms with Crippen molar-refractivity contribution in [3.05, 3.63) is 53.8 Å². The molecule has 0 bridgehead atoms. The molecule has 0 spiro atoms. The van der Waals surface area contributed by atoms with Crippen LogP contribution in [0.25, 0.3) is 0 Å². The summed E-state index contributed by atoms with van der Waals surface area (Å²) in [5, 5.41) is 2.77. The summed E-state index contributed by atoms with van der Waals surface area (Å²) in [7, 11) is 1.56. The van der Waals surface area contributed by atoms with Crippen molar-refractivity contribution in [1.82, 2.24) is 9.80 Å². The van der Waals surface area contributed by atoms with E-state index in [1.54, 1.807) is 53.3 Å². The Morgan fingerprint density at radius 1 is 0.935 bits per heavy atom. The predicted molar refractivity (Wildman–Crippen MR) is 117 cm³/mol. The Balaban J connectivity index is 1.32. The highest BCUT2D eigenvalue weighted by molar-refractivity contribution is 5.95. The molecule has 2 fully saturated rings. The van der Waals surface area contributed by atoms with Gasteiger partial charge in [0.2, 0.25) is 0 Å². The van der Waals surface area contributed by atoms with E-state index in [-0.39, 0.29) is 17.8 Å². The van der Waals surface area contributed by atoms with Gasteiger partial charge in [0.25, 0.3) is 5.91 Å². The number of halogens is 1. The predicted octanol–water partition coefficient (Wildman–Crippen LogP) is 3.42. The molecule has 2 aliphatic rings. The van der Waals surface area contributed by atoms with Crippen molar-refractivity contribution in [3.8, 4) is 5.75 Å². The molecule has 3 amide bonds. The highest BCUT2D eigenvalue weighted by atomic mass is 19.1. The fourth-order valence-electron chi connectivity index (χ4n) is 4.05. The van der Waals surface area contributed by atoms with Crippen molar-refractivity contribution in [3.63, 3.8) is 0 Å².